The van der Waals surface area contributed by atoms with Crippen molar-refractivity contribution in [3.63, 3.8) is 0 Å². The number of rotatable bonds is 0. The van der Waals surface area contributed by atoms with Gasteiger partial charge in [0, 0.05) is 16.7 Å². The van der Waals surface area contributed by atoms with E-state index in [0.717, 1.165) is 18.6 Å². The second-order valence-corrected chi connectivity index (χ2v) is 9.61. The summed E-state index contributed by atoms with van der Waals surface area (Å²) in [6, 6.07) is 7.16. The molecule has 0 aromatic heterocycles. The smallest absolute Gasteiger partial charge is 0.124 e. The minimum absolute atomic E-state index is 0.0849. The number of hydrogen-bond donors (Lipinski definition) is 0. The Morgan fingerprint density at radius 2 is 1.90 bits per heavy atom. The van der Waals surface area contributed by atoms with Crippen LogP contribution in [-0.4, -0.2) is 6.10 Å². The molecule has 1 nitrogen and oxygen atoms in total. The van der Waals surface area contributed by atoms with E-state index in [2.05, 4.69) is 87.6 Å². The van der Waals surface area contributed by atoms with Crippen molar-refractivity contribution in [3.8, 4) is 0 Å². The first-order valence-corrected chi connectivity index (χ1v) is 11.0. The Kier molecular flexibility index (Phi) is 3.44. The standard InChI is InChI=1S/C28H28O/c1-18-11-13-20-21-14-12-19(2)17-24(21)28(23(20)16-18)22-8-4-5-9-25(22)29-26-10-6-7-15-27(26,28)3/h4-11,13,16-17,22,25H,12,14-15H2,1-3H3. The van der Waals surface area contributed by atoms with Crippen molar-refractivity contribution in [2.45, 2.75) is 51.6 Å². The van der Waals surface area contributed by atoms with Gasteiger partial charge in [0.15, 0.2) is 0 Å². The zero-order chi connectivity index (χ0) is 19.8. The van der Waals surface area contributed by atoms with Gasteiger partial charge in [0.05, 0.1) is 0 Å². The van der Waals surface area contributed by atoms with Gasteiger partial charge in [-0.3, -0.25) is 0 Å². The second kappa shape index (κ2) is 5.75. The maximum absolute atomic E-state index is 6.66. The predicted molar refractivity (Wildman–Crippen MR) is 119 cm³/mol. The van der Waals surface area contributed by atoms with Crippen LogP contribution in [0.1, 0.15) is 49.8 Å². The lowest BCUT2D eigenvalue weighted by atomic mass is 9.47. The summed E-state index contributed by atoms with van der Waals surface area (Å²) >= 11 is 0. The Morgan fingerprint density at radius 1 is 1.03 bits per heavy atom. The van der Waals surface area contributed by atoms with Gasteiger partial charge in [-0.25, -0.2) is 0 Å². The first kappa shape index (κ1) is 17.3. The Balaban J connectivity index is 1.75. The molecule has 0 amide bonds. The third-order valence-electron chi connectivity index (χ3n) is 8.01. The van der Waals surface area contributed by atoms with Crippen molar-refractivity contribution in [2.75, 3.05) is 0 Å². The van der Waals surface area contributed by atoms with E-state index in [1.54, 1.807) is 11.1 Å². The fraction of sp³-hybridized carbons (Fsp3) is 0.357. The molecule has 1 fully saturated rings. The largest absolute Gasteiger partial charge is 0.489 e. The molecule has 0 saturated carbocycles. The Hall–Kier alpha value is -2.54. The van der Waals surface area contributed by atoms with Gasteiger partial charge in [-0.1, -0.05) is 72.7 Å². The van der Waals surface area contributed by atoms with Gasteiger partial charge in [-0.05, 0) is 67.5 Å². The van der Waals surface area contributed by atoms with Crippen molar-refractivity contribution in [2.24, 2.45) is 11.3 Å². The summed E-state index contributed by atoms with van der Waals surface area (Å²) in [5.41, 5.74) is 8.81. The number of ether oxygens (including phenoxy) is 1. The monoisotopic (exact) mass is 380 g/mol. The van der Waals surface area contributed by atoms with Gasteiger partial charge in [-0.15, -0.1) is 0 Å². The highest BCUT2D eigenvalue weighted by molar-refractivity contribution is 5.86. The van der Waals surface area contributed by atoms with E-state index in [4.69, 9.17) is 4.74 Å². The van der Waals surface area contributed by atoms with Gasteiger partial charge in [0.2, 0.25) is 0 Å². The Morgan fingerprint density at radius 3 is 2.79 bits per heavy atom. The van der Waals surface area contributed by atoms with Crippen LogP contribution in [0.4, 0.5) is 0 Å². The highest BCUT2D eigenvalue weighted by Gasteiger charge is 2.65. The van der Waals surface area contributed by atoms with E-state index in [0.29, 0.717) is 5.92 Å². The van der Waals surface area contributed by atoms with Crippen LogP contribution in [0.5, 0.6) is 0 Å². The maximum Gasteiger partial charge on any atom is 0.124 e. The molecule has 0 bridgehead atoms. The highest BCUT2D eigenvalue weighted by atomic mass is 16.5. The lowest BCUT2D eigenvalue weighted by Gasteiger charge is -2.59. The van der Waals surface area contributed by atoms with E-state index >= 15 is 0 Å². The maximum atomic E-state index is 6.66. The number of hydrogen-bond acceptors (Lipinski definition) is 1. The average molecular weight is 381 g/mol. The van der Waals surface area contributed by atoms with Crippen molar-refractivity contribution in [3.05, 3.63) is 100 Å². The molecule has 29 heavy (non-hydrogen) atoms. The molecule has 1 saturated heterocycles. The van der Waals surface area contributed by atoms with Crippen molar-refractivity contribution >= 4 is 5.57 Å². The minimum Gasteiger partial charge on any atom is -0.489 e. The van der Waals surface area contributed by atoms with Crippen LogP contribution in [0.2, 0.25) is 0 Å². The normalized spacial score (nSPS) is 36.1. The van der Waals surface area contributed by atoms with Crippen LogP contribution in [0, 0.1) is 18.3 Å². The van der Waals surface area contributed by atoms with Crippen LogP contribution in [0.3, 0.4) is 0 Å². The number of aryl methyl sites for hydroxylation is 1. The summed E-state index contributed by atoms with van der Waals surface area (Å²) < 4.78 is 6.66. The van der Waals surface area contributed by atoms with Crippen LogP contribution in [-0.2, 0) is 10.2 Å². The molecule has 4 aliphatic carbocycles. The van der Waals surface area contributed by atoms with Crippen molar-refractivity contribution < 1.29 is 4.74 Å². The fourth-order valence-electron chi connectivity index (χ4n) is 6.71. The Bertz CT molecular complexity index is 1110. The van der Waals surface area contributed by atoms with Crippen LogP contribution in [0.15, 0.2) is 83.7 Å². The third-order valence-corrected chi connectivity index (χ3v) is 8.01. The molecular weight excluding hydrogens is 352 g/mol. The van der Waals surface area contributed by atoms with E-state index in [-0.39, 0.29) is 16.9 Å². The molecule has 1 heteroatoms. The van der Waals surface area contributed by atoms with E-state index in [1.165, 1.54) is 28.7 Å². The van der Waals surface area contributed by atoms with Gasteiger partial charge < -0.3 is 4.74 Å². The molecule has 1 heterocycles. The summed E-state index contributed by atoms with van der Waals surface area (Å²) in [6.07, 6.45) is 21.8. The van der Waals surface area contributed by atoms with Crippen LogP contribution >= 0.6 is 0 Å². The number of fused-ring (bicyclic) bond motifs is 8. The fourth-order valence-corrected chi connectivity index (χ4v) is 6.71. The van der Waals surface area contributed by atoms with Crippen LogP contribution in [0.25, 0.3) is 5.57 Å². The summed E-state index contributed by atoms with van der Waals surface area (Å²) in [7, 11) is 0. The summed E-state index contributed by atoms with van der Waals surface area (Å²) in [5.74, 6) is 1.45. The second-order valence-electron chi connectivity index (χ2n) is 9.61. The zero-order valence-electron chi connectivity index (χ0n) is 17.5. The quantitative estimate of drug-likeness (QED) is 0.485. The average Bonchev–Trinajstić information content (AvgIpc) is 2.99. The van der Waals surface area contributed by atoms with Crippen molar-refractivity contribution in [1.82, 2.24) is 0 Å². The molecule has 0 radical (unpaired) electrons. The third kappa shape index (κ3) is 2.01. The molecule has 5 aliphatic rings. The molecule has 146 valence electrons. The first-order valence-electron chi connectivity index (χ1n) is 11.0. The molecule has 4 atom stereocenters. The molecule has 1 spiro atoms. The SMILES string of the molecule is CC1=CC2=C(CC1)c1ccc(C)cc1C21C2C=CC=CC2OC2=CC=CCC21C. The van der Waals surface area contributed by atoms with Gasteiger partial charge in [0.1, 0.15) is 11.9 Å². The number of benzene rings is 1. The lowest BCUT2D eigenvalue weighted by molar-refractivity contribution is -0.0483. The molecule has 4 unspecified atom stereocenters. The summed E-state index contributed by atoms with van der Waals surface area (Å²) in [4.78, 5) is 0. The lowest BCUT2D eigenvalue weighted by Crippen LogP contribution is -2.58. The molecule has 6 rings (SSSR count). The summed E-state index contributed by atoms with van der Waals surface area (Å²) in [5, 5.41) is 0. The van der Waals surface area contributed by atoms with E-state index < -0.39 is 0 Å². The molecule has 1 aromatic rings. The first-order chi connectivity index (χ1) is 14.1. The molecule has 0 N–H and O–H groups in total. The topological polar surface area (TPSA) is 9.23 Å². The van der Waals surface area contributed by atoms with Gasteiger partial charge in [-0.2, -0.15) is 0 Å². The molecule has 1 aromatic carbocycles. The zero-order valence-corrected chi connectivity index (χ0v) is 17.5. The molecular formula is C28H28O. The highest BCUT2D eigenvalue weighted by Crippen LogP contribution is 2.69. The summed E-state index contributed by atoms with van der Waals surface area (Å²) in [6.45, 7) is 6.99. The Labute approximate surface area is 173 Å². The van der Waals surface area contributed by atoms with Crippen molar-refractivity contribution in [1.29, 1.82) is 0 Å². The minimum atomic E-state index is -0.0911. The predicted octanol–water partition coefficient (Wildman–Crippen LogP) is 6.73. The van der Waals surface area contributed by atoms with Gasteiger partial charge >= 0.3 is 0 Å². The van der Waals surface area contributed by atoms with E-state index in [9.17, 15) is 0 Å². The van der Waals surface area contributed by atoms with Gasteiger partial charge in [0.25, 0.3) is 0 Å². The van der Waals surface area contributed by atoms with Crippen LogP contribution < -0.4 is 0 Å². The van der Waals surface area contributed by atoms with E-state index in [1.807, 2.05) is 0 Å². The number of allylic oxidation sites excluding steroid dienone is 10. The molecule has 1 aliphatic heterocycles.